The number of fused-ring (bicyclic) bond motifs is 1. The summed E-state index contributed by atoms with van der Waals surface area (Å²) in [6, 6.07) is 14.3. The summed E-state index contributed by atoms with van der Waals surface area (Å²) in [5, 5.41) is 3.58. The van der Waals surface area contributed by atoms with Crippen molar-refractivity contribution in [3.8, 4) is 17.5 Å². The van der Waals surface area contributed by atoms with Gasteiger partial charge in [-0.1, -0.05) is 0 Å². The van der Waals surface area contributed by atoms with Crippen molar-refractivity contribution in [2.45, 2.75) is 6.92 Å². The minimum atomic E-state index is -0.260. The molecular formula is C21H17N3O4. The number of amides is 1. The van der Waals surface area contributed by atoms with E-state index in [1.165, 1.54) is 0 Å². The first-order valence-electron chi connectivity index (χ1n) is 8.57. The quantitative estimate of drug-likeness (QED) is 0.549. The van der Waals surface area contributed by atoms with Crippen molar-refractivity contribution in [2.24, 2.45) is 0 Å². The third-order valence-corrected chi connectivity index (χ3v) is 4.16. The number of hydrogen-bond donors (Lipinski definition) is 1. The molecule has 1 N–H and O–H groups in total. The van der Waals surface area contributed by atoms with Crippen LogP contribution in [0.4, 0.5) is 5.69 Å². The minimum absolute atomic E-state index is 0.258. The fraction of sp³-hybridized carbons (Fsp3) is 0.0952. The maximum Gasteiger partial charge on any atom is 0.321 e. The highest BCUT2D eigenvalue weighted by molar-refractivity contribution is 6.13. The largest absolute Gasteiger partial charge is 0.497 e. The zero-order valence-corrected chi connectivity index (χ0v) is 15.3. The van der Waals surface area contributed by atoms with Crippen LogP contribution >= 0.6 is 0 Å². The van der Waals surface area contributed by atoms with Crippen LogP contribution in [0.3, 0.4) is 0 Å². The summed E-state index contributed by atoms with van der Waals surface area (Å²) in [5.41, 5.74) is 1.74. The average molecular weight is 375 g/mol. The van der Waals surface area contributed by atoms with Gasteiger partial charge >= 0.3 is 6.01 Å². The summed E-state index contributed by atoms with van der Waals surface area (Å²) in [5.74, 6) is 1.51. The molecule has 28 heavy (non-hydrogen) atoms. The highest BCUT2D eigenvalue weighted by atomic mass is 16.5. The van der Waals surface area contributed by atoms with E-state index in [1.54, 1.807) is 75.0 Å². The first kappa shape index (κ1) is 17.5. The molecule has 0 atom stereocenters. The second kappa shape index (κ2) is 7.40. The number of nitrogens with zero attached hydrogens (tertiary/aromatic N) is 2. The van der Waals surface area contributed by atoms with Gasteiger partial charge in [0.15, 0.2) is 0 Å². The Hall–Kier alpha value is -3.87. The number of methoxy groups -OCH3 is 1. The van der Waals surface area contributed by atoms with Gasteiger partial charge < -0.3 is 19.2 Å². The average Bonchev–Trinajstić information content (AvgIpc) is 3.05. The van der Waals surface area contributed by atoms with Crippen LogP contribution in [0, 0.1) is 6.92 Å². The standard InChI is InChI=1S/C21H17N3O4/c1-13-19(17-12-16(26-2)8-9-18(17)27-13)20(25)24-14-4-6-15(7-5-14)28-21-22-10-3-11-23-21/h3-12H,1-2H3,(H,24,25). The maximum atomic E-state index is 12.8. The zero-order chi connectivity index (χ0) is 19.5. The van der Waals surface area contributed by atoms with Crippen LogP contribution in [0.2, 0.25) is 0 Å². The smallest absolute Gasteiger partial charge is 0.321 e. The van der Waals surface area contributed by atoms with Crippen molar-refractivity contribution < 1.29 is 18.7 Å². The lowest BCUT2D eigenvalue weighted by Gasteiger charge is -2.07. The van der Waals surface area contributed by atoms with Crippen molar-refractivity contribution in [1.82, 2.24) is 9.97 Å². The normalized spacial score (nSPS) is 10.6. The molecular weight excluding hydrogens is 358 g/mol. The lowest BCUT2D eigenvalue weighted by atomic mass is 10.1. The van der Waals surface area contributed by atoms with Crippen LogP contribution < -0.4 is 14.8 Å². The molecule has 0 aliphatic heterocycles. The first-order chi connectivity index (χ1) is 13.6. The van der Waals surface area contributed by atoms with Gasteiger partial charge in [-0.2, -0.15) is 0 Å². The predicted molar refractivity (Wildman–Crippen MR) is 104 cm³/mol. The molecule has 2 aromatic carbocycles. The minimum Gasteiger partial charge on any atom is -0.497 e. The third-order valence-electron chi connectivity index (χ3n) is 4.16. The Labute approximate surface area is 160 Å². The van der Waals surface area contributed by atoms with Gasteiger partial charge in [0, 0.05) is 23.5 Å². The van der Waals surface area contributed by atoms with Crippen LogP contribution in [-0.2, 0) is 0 Å². The molecule has 0 aliphatic carbocycles. The Bertz CT molecular complexity index is 1120. The van der Waals surface area contributed by atoms with E-state index in [0.717, 1.165) is 0 Å². The SMILES string of the molecule is COc1ccc2oc(C)c(C(=O)Nc3ccc(Oc4ncccn4)cc3)c2c1. The number of ether oxygens (including phenoxy) is 2. The Kier molecular flexibility index (Phi) is 4.63. The Morgan fingerprint density at radius 2 is 1.75 bits per heavy atom. The van der Waals surface area contributed by atoms with Crippen molar-refractivity contribution in [3.63, 3.8) is 0 Å². The number of rotatable bonds is 5. The summed E-state index contributed by atoms with van der Waals surface area (Å²) in [6.07, 6.45) is 3.20. The number of aromatic nitrogens is 2. The van der Waals surface area contributed by atoms with Gasteiger partial charge in [-0.05, 0) is 55.5 Å². The van der Waals surface area contributed by atoms with E-state index in [0.29, 0.717) is 39.5 Å². The van der Waals surface area contributed by atoms with Crippen molar-refractivity contribution in [2.75, 3.05) is 12.4 Å². The number of carbonyl (C=O) groups is 1. The second-order valence-electron chi connectivity index (χ2n) is 6.01. The van der Waals surface area contributed by atoms with E-state index in [4.69, 9.17) is 13.9 Å². The third kappa shape index (κ3) is 3.50. The lowest BCUT2D eigenvalue weighted by Crippen LogP contribution is -2.12. The van der Waals surface area contributed by atoms with E-state index in [2.05, 4.69) is 15.3 Å². The molecule has 0 spiro atoms. The summed E-state index contributed by atoms with van der Waals surface area (Å²) in [6.45, 7) is 1.76. The van der Waals surface area contributed by atoms with Gasteiger partial charge in [0.2, 0.25) is 0 Å². The summed E-state index contributed by atoms with van der Waals surface area (Å²) >= 11 is 0. The second-order valence-corrected chi connectivity index (χ2v) is 6.01. The molecule has 4 aromatic rings. The molecule has 0 bridgehead atoms. The topological polar surface area (TPSA) is 86.5 Å². The number of nitrogens with one attached hydrogen (secondary N) is 1. The maximum absolute atomic E-state index is 12.8. The lowest BCUT2D eigenvalue weighted by molar-refractivity contribution is 0.102. The van der Waals surface area contributed by atoms with Crippen LogP contribution in [0.5, 0.6) is 17.5 Å². The monoisotopic (exact) mass is 375 g/mol. The molecule has 0 unspecified atom stereocenters. The number of benzene rings is 2. The zero-order valence-electron chi connectivity index (χ0n) is 15.3. The number of furan rings is 1. The van der Waals surface area contributed by atoms with Crippen LogP contribution in [0.1, 0.15) is 16.1 Å². The van der Waals surface area contributed by atoms with Crippen LogP contribution in [0.25, 0.3) is 11.0 Å². The van der Waals surface area contributed by atoms with Gasteiger partial charge in [0.1, 0.15) is 22.8 Å². The van der Waals surface area contributed by atoms with E-state index in [1.807, 2.05) is 0 Å². The molecule has 0 aliphatic rings. The molecule has 0 radical (unpaired) electrons. The number of hydrogen-bond acceptors (Lipinski definition) is 6. The van der Waals surface area contributed by atoms with E-state index in [9.17, 15) is 4.79 Å². The van der Waals surface area contributed by atoms with Gasteiger partial charge in [-0.15, -0.1) is 0 Å². The van der Waals surface area contributed by atoms with Gasteiger partial charge in [-0.3, -0.25) is 4.79 Å². The van der Waals surface area contributed by atoms with Crippen molar-refractivity contribution in [1.29, 1.82) is 0 Å². The number of carbonyl (C=O) groups excluding carboxylic acids is 1. The van der Waals surface area contributed by atoms with E-state index in [-0.39, 0.29) is 11.9 Å². The van der Waals surface area contributed by atoms with E-state index >= 15 is 0 Å². The van der Waals surface area contributed by atoms with Crippen LogP contribution in [0.15, 0.2) is 65.3 Å². The molecule has 1 amide bonds. The molecule has 0 saturated carbocycles. The Morgan fingerprint density at radius 3 is 2.46 bits per heavy atom. The molecule has 2 heterocycles. The number of aryl methyl sites for hydroxylation is 1. The van der Waals surface area contributed by atoms with Crippen LogP contribution in [-0.4, -0.2) is 23.0 Å². The predicted octanol–water partition coefficient (Wildman–Crippen LogP) is 4.58. The van der Waals surface area contributed by atoms with Gasteiger partial charge in [0.05, 0.1) is 12.7 Å². The summed E-state index contributed by atoms with van der Waals surface area (Å²) in [4.78, 5) is 20.8. The molecule has 4 rings (SSSR count). The Morgan fingerprint density at radius 1 is 1.04 bits per heavy atom. The molecule has 0 saturated heterocycles. The molecule has 7 nitrogen and oxygen atoms in total. The molecule has 2 aromatic heterocycles. The fourth-order valence-corrected chi connectivity index (χ4v) is 2.85. The van der Waals surface area contributed by atoms with Gasteiger partial charge in [-0.25, -0.2) is 9.97 Å². The van der Waals surface area contributed by atoms with Crippen molar-refractivity contribution in [3.05, 3.63) is 72.2 Å². The first-order valence-corrected chi connectivity index (χ1v) is 8.57. The summed E-state index contributed by atoms with van der Waals surface area (Å²) in [7, 11) is 1.58. The van der Waals surface area contributed by atoms with Crippen molar-refractivity contribution >= 4 is 22.6 Å². The molecule has 0 fully saturated rings. The number of anilines is 1. The molecule has 140 valence electrons. The molecule has 7 heteroatoms. The fourth-order valence-electron chi connectivity index (χ4n) is 2.85. The van der Waals surface area contributed by atoms with E-state index < -0.39 is 0 Å². The Balaban J connectivity index is 1.54. The highest BCUT2D eigenvalue weighted by Gasteiger charge is 2.19. The highest BCUT2D eigenvalue weighted by Crippen LogP contribution is 2.30. The summed E-state index contributed by atoms with van der Waals surface area (Å²) < 4.78 is 16.5. The van der Waals surface area contributed by atoms with Gasteiger partial charge in [0.25, 0.3) is 5.91 Å².